The number of anilines is 1. The highest BCUT2D eigenvalue weighted by Crippen LogP contribution is 2.13. The quantitative estimate of drug-likeness (QED) is 0.758. The molecule has 0 aromatic carbocycles. The van der Waals surface area contributed by atoms with Crippen molar-refractivity contribution in [2.45, 2.75) is 0 Å². The van der Waals surface area contributed by atoms with E-state index in [1.807, 2.05) is 12.1 Å². The van der Waals surface area contributed by atoms with Crippen molar-refractivity contribution >= 4 is 5.82 Å². The molecule has 0 amide bonds. The van der Waals surface area contributed by atoms with E-state index in [-0.39, 0.29) is 0 Å². The van der Waals surface area contributed by atoms with Crippen molar-refractivity contribution in [1.82, 2.24) is 19.9 Å². The van der Waals surface area contributed by atoms with Crippen LogP contribution in [0.5, 0.6) is 0 Å². The van der Waals surface area contributed by atoms with Gasteiger partial charge in [0.15, 0.2) is 0 Å². The van der Waals surface area contributed by atoms with Crippen LogP contribution in [-0.2, 0) is 0 Å². The molecule has 104 valence electrons. The van der Waals surface area contributed by atoms with Crippen molar-refractivity contribution in [2.24, 2.45) is 0 Å². The second-order valence-corrected chi connectivity index (χ2v) is 4.59. The summed E-state index contributed by atoms with van der Waals surface area (Å²) in [5.41, 5.74) is -0.240. The summed E-state index contributed by atoms with van der Waals surface area (Å²) in [6, 6.07) is 5.02. The van der Waals surface area contributed by atoms with Crippen molar-refractivity contribution in [1.29, 1.82) is 0 Å². The highest BCUT2D eigenvalue weighted by molar-refractivity contribution is 5.43. The second kappa shape index (κ2) is 5.30. The number of hydrogen-bond acceptors (Lipinski definition) is 5. The van der Waals surface area contributed by atoms with Crippen LogP contribution in [0.3, 0.4) is 0 Å². The Kier molecular flexibility index (Phi) is 3.34. The molecule has 0 atom stereocenters. The van der Waals surface area contributed by atoms with E-state index in [4.69, 9.17) is 0 Å². The van der Waals surface area contributed by atoms with Crippen molar-refractivity contribution in [2.75, 3.05) is 31.1 Å². The Morgan fingerprint density at radius 1 is 1.10 bits per heavy atom. The highest BCUT2D eigenvalue weighted by Gasteiger charge is 2.11. The van der Waals surface area contributed by atoms with Crippen LogP contribution in [0.1, 0.15) is 0 Å². The number of piperazine rings is 1. The molecule has 0 radical (unpaired) electrons. The fourth-order valence-corrected chi connectivity index (χ4v) is 2.22. The van der Waals surface area contributed by atoms with Crippen LogP contribution in [0, 0.1) is 0 Å². The first-order chi connectivity index (χ1) is 9.74. The third kappa shape index (κ3) is 2.48. The topological polar surface area (TPSA) is 83.0 Å². The number of nitrogens with zero attached hydrogens (tertiary/aromatic N) is 3. The summed E-state index contributed by atoms with van der Waals surface area (Å²) in [6.07, 6.45) is 3.08. The Morgan fingerprint density at radius 3 is 2.55 bits per heavy atom. The maximum absolute atomic E-state index is 11.7. The Balaban J connectivity index is 1.89. The zero-order chi connectivity index (χ0) is 13.9. The SMILES string of the molecule is O=c1ccn(-c2ccc(N3CCNCC3)nc2)c(=O)[nH]1. The van der Waals surface area contributed by atoms with E-state index in [1.165, 1.54) is 16.8 Å². The summed E-state index contributed by atoms with van der Waals surface area (Å²) < 4.78 is 1.36. The Bertz CT molecular complexity index is 698. The van der Waals surface area contributed by atoms with Gasteiger partial charge >= 0.3 is 5.69 Å². The lowest BCUT2D eigenvalue weighted by Gasteiger charge is -2.28. The van der Waals surface area contributed by atoms with Crippen LogP contribution in [-0.4, -0.2) is 40.7 Å². The van der Waals surface area contributed by atoms with E-state index >= 15 is 0 Å². The summed E-state index contributed by atoms with van der Waals surface area (Å²) in [5, 5.41) is 3.29. The maximum Gasteiger partial charge on any atom is 0.332 e. The molecule has 20 heavy (non-hydrogen) atoms. The van der Waals surface area contributed by atoms with Gasteiger partial charge in [-0.1, -0.05) is 0 Å². The van der Waals surface area contributed by atoms with Crippen molar-refractivity contribution in [3.8, 4) is 5.69 Å². The van der Waals surface area contributed by atoms with E-state index in [0.29, 0.717) is 5.69 Å². The van der Waals surface area contributed by atoms with Gasteiger partial charge in [-0.25, -0.2) is 9.78 Å². The number of hydrogen-bond donors (Lipinski definition) is 2. The molecule has 3 rings (SSSR count). The van der Waals surface area contributed by atoms with Crippen LogP contribution in [0.2, 0.25) is 0 Å². The molecule has 1 aliphatic rings. The number of nitrogens with one attached hydrogen (secondary N) is 2. The van der Waals surface area contributed by atoms with Gasteiger partial charge in [0, 0.05) is 38.4 Å². The number of aromatic nitrogens is 3. The van der Waals surface area contributed by atoms with Gasteiger partial charge in [0.25, 0.3) is 5.56 Å². The largest absolute Gasteiger partial charge is 0.354 e. The van der Waals surface area contributed by atoms with E-state index in [1.54, 1.807) is 6.20 Å². The molecule has 7 nitrogen and oxygen atoms in total. The van der Waals surface area contributed by atoms with Gasteiger partial charge in [-0.05, 0) is 12.1 Å². The zero-order valence-corrected chi connectivity index (χ0v) is 10.9. The van der Waals surface area contributed by atoms with Crippen molar-refractivity contribution in [3.05, 3.63) is 51.4 Å². The predicted molar refractivity (Wildman–Crippen MR) is 75.5 cm³/mol. The molecule has 1 aliphatic heterocycles. The lowest BCUT2D eigenvalue weighted by atomic mass is 10.3. The molecule has 2 aromatic heterocycles. The van der Waals surface area contributed by atoms with Gasteiger partial charge in [0.05, 0.1) is 11.9 Å². The molecule has 0 spiro atoms. The van der Waals surface area contributed by atoms with Crippen LogP contribution in [0.15, 0.2) is 40.2 Å². The number of H-pyrrole nitrogens is 1. The Labute approximate surface area is 114 Å². The minimum absolute atomic E-state index is 0.406. The minimum atomic E-state index is -0.464. The monoisotopic (exact) mass is 273 g/mol. The summed E-state index contributed by atoms with van der Waals surface area (Å²) in [6.45, 7) is 3.74. The molecule has 2 aromatic rings. The van der Waals surface area contributed by atoms with Gasteiger partial charge in [-0.15, -0.1) is 0 Å². The lowest BCUT2D eigenvalue weighted by Crippen LogP contribution is -2.43. The summed E-state index contributed by atoms with van der Waals surface area (Å²) in [5.74, 6) is 0.896. The summed E-state index contributed by atoms with van der Waals surface area (Å²) >= 11 is 0. The average molecular weight is 273 g/mol. The van der Waals surface area contributed by atoms with Crippen LogP contribution >= 0.6 is 0 Å². The maximum atomic E-state index is 11.7. The normalized spacial score (nSPS) is 15.3. The molecule has 0 aliphatic carbocycles. The van der Waals surface area contributed by atoms with Gasteiger partial charge in [0.1, 0.15) is 5.82 Å². The van der Waals surface area contributed by atoms with E-state index in [9.17, 15) is 9.59 Å². The molecule has 0 bridgehead atoms. The van der Waals surface area contributed by atoms with E-state index < -0.39 is 11.2 Å². The highest BCUT2D eigenvalue weighted by atomic mass is 16.2. The third-order valence-electron chi connectivity index (χ3n) is 3.28. The van der Waals surface area contributed by atoms with Crippen LogP contribution < -0.4 is 21.5 Å². The molecule has 1 fully saturated rings. The van der Waals surface area contributed by atoms with Gasteiger partial charge < -0.3 is 10.2 Å². The smallest absolute Gasteiger partial charge is 0.332 e. The van der Waals surface area contributed by atoms with Crippen molar-refractivity contribution < 1.29 is 0 Å². The molecular weight excluding hydrogens is 258 g/mol. The van der Waals surface area contributed by atoms with Crippen LogP contribution in [0.25, 0.3) is 5.69 Å². The lowest BCUT2D eigenvalue weighted by molar-refractivity contribution is 0.585. The zero-order valence-electron chi connectivity index (χ0n) is 10.9. The Hall–Kier alpha value is -2.41. The molecule has 1 saturated heterocycles. The molecule has 2 N–H and O–H groups in total. The summed E-state index contributed by atoms with van der Waals surface area (Å²) in [7, 11) is 0. The second-order valence-electron chi connectivity index (χ2n) is 4.59. The van der Waals surface area contributed by atoms with Crippen LogP contribution in [0.4, 0.5) is 5.82 Å². The van der Waals surface area contributed by atoms with Crippen molar-refractivity contribution in [3.63, 3.8) is 0 Å². The number of aromatic amines is 1. The molecule has 0 unspecified atom stereocenters. The fraction of sp³-hybridized carbons (Fsp3) is 0.308. The fourth-order valence-electron chi connectivity index (χ4n) is 2.22. The molecule has 3 heterocycles. The van der Waals surface area contributed by atoms with E-state index in [2.05, 4.69) is 20.2 Å². The Morgan fingerprint density at radius 2 is 1.90 bits per heavy atom. The minimum Gasteiger partial charge on any atom is -0.354 e. The first kappa shape index (κ1) is 12.6. The van der Waals surface area contributed by atoms with Gasteiger partial charge in [-0.2, -0.15) is 0 Å². The number of rotatable bonds is 2. The predicted octanol–water partition coefficient (Wildman–Crippen LogP) is -0.670. The standard InChI is InChI=1S/C13H15N5O2/c19-12-3-6-18(13(20)16-12)10-1-2-11(15-9-10)17-7-4-14-5-8-17/h1-3,6,9,14H,4-5,7-8H2,(H,16,19,20). The molecule has 7 heteroatoms. The van der Waals surface area contributed by atoms with E-state index in [0.717, 1.165) is 32.0 Å². The van der Waals surface area contributed by atoms with Gasteiger partial charge in [-0.3, -0.25) is 14.3 Å². The first-order valence-electron chi connectivity index (χ1n) is 6.48. The summed E-state index contributed by atoms with van der Waals surface area (Å²) in [4.78, 5) is 31.5. The number of pyridine rings is 1. The molecular formula is C13H15N5O2. The van der Waals surface area contributed by atoms with Gasteiger partial charge in [0.2, 0.25) is 0 Å². The first-order valence-corrected chi connectivity index (χ1v) is 6.48. The molecule has 0 saturated carbocycles. The third-order valence-corrected chi connectivity index (χ3v) is 3.28. The average Bonchev–Trinajstić information content (AvgIpc) is 2.48.